The van der Waals surface area contributed by atoms with E-state index in [-0.39, 0.29) is 0 Å². The highest BCUT2D eigenvalue weighted by Crippen LogP contribution is 2.48. The van der Waals surface area contributed by atoms with E-state index in [9.17, 15) is 4.79 Å². The quantitative estimate of drug-likeness (QED) is 0.180. The van der Waals surface area contributed by atoms with Gasteiger partial charge in [-0.3, -0.25) is 4.68 Å². The molecule has 0 radical (unpaired) electrons. The summed E-state index contributed by atoms with van der Waals surface area (Å²) in [5, 5.41) is 10.9. The number of rotatable bonds is 5. The summed E-state index contributed by atoms with van der Waals surface area (Å²) in [7, 11) is 1.90. The Labute approximate surface area is 245 Å². The molecular formula is C35H33N5O2. The van der Waals surface area contributed by atoms with Crippen LogP contribution in [0.1, 0.15) is 43.2 Å². The van der Waals surface area contributed by atoms with Gasteiger partial charge in [0, 0.05) is 29.9 Å². The summed E-state index contributed by atoms with van der Waals surface area (Å²) in [4.78, 5) is 13.5. The fourth-order valence-electron chi connectivity index (χ4n) is 5.68. The molecular weight excluding hydrogens is 522 g/mol. The minimum Gasteiger partial charge on any atom is -0.442 e. The molecule has 6 aromatic rings. The van der Waals surface area contributed by atoms with Gasteiger partial charge in [-0.05, 0) is 55.7 Å². The number of benzene rings is 4. The number of fused-ring (bicyclic) bond motifs is 1. The van der Waals surface area contributed by atoms with Crippen molar-refractivity contribution in [1.82, 2.24) is 19.6 Å². The third-order valence-electron chi connectivity index (χ3n) is 7.40. The van der Waals surface area contributed by atoms with Crippen LogP contribution in [0.2, 0.25) is 0 Å². The van der Waals surface area contributed by atoms with Gasteiger partial charge in [-0.15, -0.1) is 0 Å². The molecule has 7 heteroatoms. The SMILES string of the molecule is Cn1nc(-c2cn(C(=O)OC(C)(C)C)nc2C(c2ccccc2)(c2ccccc2)c2ccccc2)c2cc(N)ccc21. The third kappa shape index (κ3) is 4.63. The summed E-state index contributed by atoms with van der Waals surface area (Å²) in [5.41, 5.74) is 11.2. The lowest BCUT2D eigenvalue weighted by atomic mass is 9.66. The standard InChI is InChI=1S/C35H33N5O2/c1-34(2,3)42-33(41)40-23-29(31-28-22-27(36)20-21-30(28)39(4)37-31)32(38-40)35(24-14-8-5-9-15-24,25-16-10-6-11-17-25)26-18-12-7-13-19-26/h5-23H,36H2,1-4H3. The topological polar surface area (TPSA) is 88.0 Å². The minimum absolute atomic E-state index is 0.571. The highest BCUT2D eigenvalue weighted by molar-refractivity contribution is 5.96. The fraction of sp³-hybridized carbons (Fsp3) is 0.171. The van der Waals surface area contributed by atoms with Gasteiger partial charge >= 0.3 is 6.09 Å². The van der Waals surface area contributed by atoms with Crippen molar-refractivity contribution in [1.29, 1.82) is 0 Å². The van der Waals surface area contributed by atoms with Crippen LogP contribution in [0.25, 0.3) is 22.2 Å². The first-order valence-electron chi connectivity index (χ1n) is 13.9. The monoisotopic (exact) mass is 555 g/mol. The summed E-state index contributed by atoms with van der Waals surface area (Å²) in [6.45, 7) is 5.52. The molecule has 6 rings (SSSR count). The number of aromatic nitrogens is 4. The second-order valence-electron chi connectivity index (χ2n) is 11.4. The van der Waals surface area contributed by atoms with Crippen molar-refractivity contribution >= 4 is 22.7 Å². The lowest BCUT2D eigenvalue weighted by Gasteiger charge is -2.35. The molecule has 0 bridgehead atoms. The Hall–Kier alpha value is -5.17. The Morgan fingerprint density at radius 3 is 1.79 bits per heavy atom. The van der Waals surface area contributed by atoms with Crippen molar-refractivity contribution < 1.29 is 9.53 Å². The smallest absolute Gasteiger partial charge is 0.435 e. The van der Waals surface area contributed by atoms with Crippen molar-refractivity contribution in [3.63, 3.8) is 0 Å². The first kappa shape index (κ1) is 27.0. The Morgan fingerprint density at radius 1 is 0.762 bits per heavy atom. The van der Waals surface area contributed by atoms with Gasteiger partial charge in [0.1, 0.15) is 11.3 Å². The summed E-state index contributed by atoms with van der Waals surface area (Å²) < 4.78 is 8.91. The van der Waals surface area contributed by atoms with Crippen LogP contribution in [0, 0.1) is 0 Å². The lowest BCUT2D eigenvalue weighted by molar-refractivity contribution is 0.0513. The van der Waals surface area contributed by atoms with Crippen LogP contribution in [-0.2, 0) is 17.2 Å². The van der Waals surface area contributed by atoms with Gasteiger partial charge in [-0.25, -0.2) is 4.79 Å². The van der Waals surface area contributed by atoms with E-state index in [1.165, 1.54) is 4.68 Å². The lowest BCUT2D eigenvalue weighted by Crippen LogP contribution is -2.33. The minimum atomic E-state index is -0.906. The van der Waals surface area contributed by atoms with E-state index < -0.39 is 17.1 Å². The molecule has 2 N–H and O–H groups in total. The summed E-state index contributed by atoms with van der Waals surface area (Å²) in [5.74, 6) is 0. The normalized spacial score (nSPS) is 12.0. The molecule has 0 atom stereocenters. The van der Waals surface area contributed by atoms with Gasteiger partial charge in [-0.1, -0.05) is 91.0 Å². The van der Waals surface area contributed by atoms with Crippen LogP contribution in [0.15, 0.2) is 115 Å². The molecule has 42 heavy (non-hydrogen) atoms. The van der Waals surface area contributed by atoms with Crippen molar-refractivity contribution in [2.45, 2.75) is 31.8 Å². The Bertz CT molecular complexity index is 1770. The van der Waals surface area contributed by atoms with Crippen LogP contribution in [0.3, 0.4) is 0 Å². The first-order valence-corrected chi connectivity index (χ1v) is 13.9. The summed E-state index contributed by atoms with van der Waals surface area (Å²) in [6, 6.07) is 36.5. The van der Waals surface area contributed by atoms with E-state index in [1.807, 2.05) is 105 Å². The van der Waals surface area contributed by atoms with Crippen molar-refractivity contribution in [3.8, 4) is 11.3 Å². The average molecular weight is 556 g/mol. The average Bonchev–Trinajstić information content (AvgIpc) is 3.56. The fourth-order valence-corrected chi connectivity index (χ4v) is 5.68. The second kappa shape index (κ2) is 10.3. The molecule has 210 valence electrons. The van der Waals surface area contributed by atoms with Crippen molar-refractivity contribution in [3.05, 3.63) is 138 Å². The molecule has 0 saturated heterocycles. The van der Waals surface area contributed by atoms with E-state index in [4.69, 9.17) is 20.7 Å². The maximum Gasteiger partial charge on any atom is 0.435 e. The van der Waals surface area contributed by atoms with Crippen molar-refractivity contribution in [2.24, 2.45) is 7.05 Å². The zero-order valence-electron chi connectivity index (χ0n) is 24.2. The first-order chi connectivity index (χ1) is 20.2. The van der Waals surface area contributed by atoms with Gasteiger partial charge < -0.3 is 10.5 Å². The molecule has 0 saturated carbocycles. The molecule has 0 aliphatic carbocycles. The molecule has 0 aliphatic heterocycles. The van der Waals surface area contributed by atoms with Gasteiger partial charge in [0.2, 0.25) is 0 Å². The molecule has 0 spiro atoms. The third-order valence-corrected chi connectivity index (χ3v) is 7.40. The number of hydrogen-bond donors (Lipinski definition) is 1. The predicted octanol–water partition coefficient (Wildman–Crippen LogP) is 7.18. The number of nitrogen functional groups attached to an aromatic ring is 1. The van der Waals surface area contributed by atoms with E-state index in [2.05, 4.69) is 36.4 Å². The van der Waals surface area contributed by atoms with E-state index in [0.29, 0.717) is 22.6 Å². The van der Waals surface area contributed by atoms with Crippen LogP contribution >= 0.6 is 0 Å². The number of aryl methyl sites for hydroxylation is 1. The highest BCUT2D eigenvalue weighted by Gasteiger charge is 2.44. The Morgan fingerprint density at radius 2 is 1.29 bits per heavy atom. The predicted molar refractivity (Wildman–Crippen MR) is 166 cm³/mol. The number of ether oxygens (including phenoxy) is 1. The van der Waals surface area contributed by atoms with Gasteiger partial charge in [-0.2, -0.15) is 14.9 Å². The molecule has 0 aliphatic rings. The van der Waals surface area contributed by atoms with Crippen LogP contribution in [0.4, 0.5) is 10.5 Å². The Kier molecular flexibility index (Phi) is 6.65. The van der Waals surface area contributed by atoms with Gasteiger partial charge in [0.25, 0.3) is 0 Å². The maximum atomic E-state index is 13.5. The number of carbonyl (C=O) groups is 1. The zero-order valence-corrected chi connectivity index (χ0v) is 24.2. The summed E-state index contributed by atoms with van der Waals surface area (Å²) >= 11 is 0. The highest BCUT2D eigenvalue weighted by atomic mass is 16.6. The molecule has 0 fully saturated rings. The van der Waals surface area contributed by atoms with Gasteiger partial charge in [0.05, 0.1) is 16.6 Å². The second-order valence-corrected chi connectivity index (χ2v) is 11.4. The Balaban J connectivity index is 1.77. The number of nitrogens with two attached hydrogens (primary N) is 1. The molecule has 7 nitrogen and oxygen atoms in total. The molecule has 4 aromatic carbocycles. The number of carbonyl (C=O) groups excluding carboxylic acids is 1. The van der Waals surface area contributed by atoms with E-state index in [1.54, 1.807) is 6.20 Å². The van der Waals surface area contributed by atoms with Crippen molar-refractivity contribution in [2.75, 3.05) is 5.73 Å². The van der Waals surface area contributed by atoms with Crippen LogP contribution in [-0.4, -0.2) is 31.3 Å². The molecule has 2 heterocycles. The molecule has 0 unspecified atom stereocenters. The van der Waals surface area contributed by atoms with Crippen LogP contribution < -0.4 is 5.73 Å². The molecule has 0 amide bonds. The number of anilines is 1. The van der Waals surface area contributed by atoms with Crippen LogP contribution in [0.5, 0.6) is 0 Å². The number of nitrogens with zero attached hydrogens (tertiary/aromatic N) is 4. The van der Waals surface area contributed by atoms with Gasteiger partial charge in [0.15, 0.2) is 0 Å². The number of hydrogen-bond acceptors (Lipinski definition) is 5. The largest absolute Gasteiger partial charge is 0.442 e. The molecule has 2 aromatic heterocycles. The maximum absolute atomic E-state index is 13.5. The zero-order chi connectivity index (χ0) is 29.5. The van der Waals surface area contributed by atoms with E-state index in [0.717, 1.165) is 27.6 Å². The summed E-state index contributed by atoms with van der Waals surface area (Å²) in [6.07, 6.45) is 1.16. The van der Waals surface area contributed by atoms with E-state index >= 15 is 0 Å².